The number of imidazole rings is 1. The number of carbonyl (C=O) groups is 1. The summed E-state index contributed by atoms with van der Waals surface area (Å²) in [6.07, 6.45) is 3.26. The van der Waals surface area contributed by atoms with Crippen LogP contribution >= 0.6 is 15.9 Å². The average molecular weight is 339 g/mol. The lowest BCUT2D eigenvalue weighted by Gasteiger charge is -2.16. The number of aromatic amines is 1. The van der Waals surface area contributed by atoms with Crippen molar-refractivity contribution in [1.82, 2.24) is 14.9 Å². The largest absolute Gasteiger partial charge is 0.347 e. The molecule has 1 aromatic carbocycles. The quantitative estimate of drug-likeness (QED) is 0.684. The van der Waals surface area contributed by atoms with Gasteiger partial charge in [-0.3, -0.25) is 14.9 Å². The minimum absolute atomic E-state index is 0.122. The number of nitrogens with zero attached hydrogens (tertiary/aromatic N) is 3. The molecule has 0 aliphatic carbocycles. The van der Waals surface area contributed by atoms with Crippen LogP contribution in [0.2, 0.25) is 0 Å². The number of amides is 1. The zero-order chi connectivity index (χ0) is 14.7. The molecule has 8 heteroatoms. The van der Waals surface area contributed by atoms with Crippen molar-refractivity contribution in [3.8, 4) is 0 Å². The molecule has 0 radical (unpaired) electrons. The van der Waals surface area contributed by atoms with E-state index in [0.717, 1.165) is 0 Å². The zero-order valence-corrected chi connectivity index (χ0v) is 12.1. The number of nitro benzene ring substituents is 1. The van der Waals surface area contributed by atoms with E-state index >= 15 is 0 Å². The van der Waals surface area contributed by atoms with Crippen LogP contribution in [-0.2, 0) is 6.54 Å². The number of hydrogen-bond donors (Lipinski definition) is 1. The smallest absolute Gasteiger partial charge is 0.270 e. The summed E-state index contributed by atoms with van der Waals surface area (Å²) in [5, 5.41) is 10.8. The van der Waals surface area contributed by atoms with E-state index in [1.807, 2.05) is 0 Å². The molecule has 0 bridgehead atoms. The summed E-state index contributed by atoms with van der Waals surface area (Å²) in [5.74, 6) is 0.319. The molecule has 2 rings (SSSR count). The Morgan fingerprint density at radius 1 is 1.55 bits per heavy atom. The summed E-state index contributed by atoms with van der Waals surface area (Å²) in [7, 11) is 1.61. The molecule has 1 N–H and O–H groups in total. The van der Waals surface area contributed by atoms with E-state index in [1.54, 1.807) is 19.4 Å². The van der Waals surface area contributed by atoms with Crippen molar-refractivity contribution in [3.63, 3.8) is 0 Å². The van der Waals surface area contributed by atoms with Gasteiger partial charge in [-0.25, -0.2) is 4.98 Å². The summed E-state index contributed by atoms with van der Waals surface area (Å²) in [5.41, 5.74) is 0.121. The minimum Gasteiger partial charge on any atom is -0.347 e. The highest BCUT2D eigenvalue weighted by Gasteiger charge is 2.19. The van der Waals surface area contributed by atoms with E-state index in [9.17, 15) is 14.9 Å². The molecule has 2 aromatic rings. The van der Waals surface area contributed by atoms with E-state index in [-0.39, 0.29) is 17.2 Å². The van der Waals surface area contributed by atoms with Gasteiger partial charge in [0.1, 0.15) is 5.82 Å². The lowest BCUT2D eigenvalue weighted by Crippen LogP contribution is -2.27. The molecule has 7 nitrogen and oxygen atoms in total. The van der Waals surface area contributed by atoms with Gasteiger partial charge >= 0.3 is 0 Å². The fraction of sp³-hybridized carbons (Fsp3) is 0.167. The van der Waals surface area contributed by atoms with Gasteiger partial charge in [0.25, 0.3) is 11.6 Å². The van der Waals surface area contributed by atoms with Gasteiger partial charge in [0.15, 0.2) is 0 Å². The van der Waals surface area contributed by atoms with Gasteiger partial charge < -0.3 is 9.88 Å². The number of nitrogens with one attached hydrogen (secondary N) is 1. The maximum Gasteiger partial charge on any atom is 0.270 e. The van der Waals surface area contributed by atoms with Crippen LogP contribution in [0.25, 0.3) is 0 Å². The van der Waals surface area contributed by atoms with Crippen molar-refractivity contribution in [2.45, 2.75) is 6.54 Å². The number of carbonyl (C=O) groups excluding carboxylic acids is 1. The molecule has 0 spiro atoms. The van der Waals surface area contributed by atoms with Gasteiger partial charge in [-0.05, 0) is 22.0 Å². The lowest BCUT2D eigenvalue weighted by atomic mass is 10.2. The van der Waals surface area contributed by atoms with Gasteiger partial charge in [0, 0.05) is 36.0 Å². The summed E-state index contributed by atoms with van der Waals surface area (Å²) in [4.78, 5) is 30.9. The van der Waals surface area contributed by atoms with Crippen molar-refractivity contribution < 1.29 is 9.72 Å². The second-order valence-electron chi connectivity index (χ2n) is 4.12. The normalized spacial score (nSPS) is 10.3. The van der Waals surface area contributed by atoms with Gasteiger partial charge in [-0.2, -0.15) is 0 Å². The highest BCUT2D eigenvalue weighted by atomic mass is 79.9. The molecular formula is C12H11BrN4O3. The monoisotopic (exact) mass is 338 g/mol. The van der Waals surface area contributed by atoms with Gasteiger partial charge in [0.2, 0.25) is 0 Å². The van der Waals surface area contributed by atoms with E-state index < -0.39 is 4.92 Å². The first-order valence-electron chi connectivity index (χ1n) is 5.66. The van der Waals surface area contributed by atoms with Crippen molar-refractivity contribution in [3.05, 3.63) is 56.6 Å². The van der Waals surface area contributed by atoms with E-state index in [2.05, 4.69) is 25.9 Å². The third-order valence-electron chi connectivity index (χ3n) is 2.68. The van der Waals surface area contributed by atoms with Gasteiger partial charge in [-0.15, -0.1) is 0 Å². The first-order chi connectivity index (χ1) is 9.49. The third-order valence-corrected chi connectivity index (χ3v) is 3.37. The Balaban J connectivity index is 2.23. The second kappa shape index (κ2) is 5.83. The molecule has 0 saturated carbocycles. The van der Waals surface area contributed by atoms with Crippen LogP contribution in [0.1, 0.15) is 16.2 Å². The molecule has 1 aromatic heterocycles. The summed E-state index contributed by atoms with van der Waals surface area (Å²) in [6.45, 7) is 0.293. The molecule has 0 atom stereocenters. The first kappa shape index (κ1) is 14.2. The molecule has 0 aliphatic rings. The molecule has 0 unspecified atom stereocenters. The van der Waals surface area contributed by atoms with E-state index in [4.69, 9.17) is 0 Å². The summed E-state index contributed by atoms with van der Waals surface area (Å²) < 4.78 is 0.513. The predicted molar refractivity (Wildman–Crippen MR) is 75.2 cm³/mol. The highest BCUT2D eigenvalue weighted by molar-refractivity contribution is 9.10. The highest BCUT2D eigenvalue weighted by Crippen LogP contribution is 2.23. The van der Waals surface area contributed by atoms with Crippen LogP contribution in [0.4, 0.5) is 5.69 Å². The number of aromatic nitrogens is 2. The van der Waals surface area contributed by atoms with Crippen LogP contribution in [0.3, 0.4) is 0 Å². The predicted octanol–water partition coefficient (Wildman–Crippen LogP) is 2.35. The molecule has 0 aliphatic heterocycles. The summed E-state index contributed by atoms with van der Waals surface area (Å²) >= 11 is 3.23. The van der Waals surface area contributed by atoms with Crippen molar-refractivity contribution >= 4 is 27.5 Å². The molecule has 1 heterocycles. The number of halogens is 1. The van der Waals surface area contributed by atoms with Crippen molar-refractivity contribution in [2.75, 3.05) is 7.05 Å². The van der Waals surface area contributed by atoms with E-state index in [1.165, 1.54) is 23.1 Å². The Morgan fingerprint density at radius 2 is 2.30 bits per heavy atom. The molecular weight excluding hydrogens is 328 g/mol. The fourth-order valence-corrected chi connectivity index (χ4v) is 2.09. The topological polar surface area (TPSA) is 92.1 Å². The van der Waals surface area contributed by atoms with Crippen molar-refractivity contribution in [1.29, 1.82) is 0 Å². The third kappa shape index (κ3) is 3.02. The van der Waals surface area contributed by atoms with Gasteiger partial charge in [0.05, 0.1) is 17.0 Å². The average Bonchev–Trinajstić information content (AvgIpc) is 2.91. The van der Waals surface area contributed by atoms with Crippen LogP contribution in [0.15, 0.2) is 35.1 Å². The number of benzene rings is 1. The Kier molecular flexibility index (Phi) is 4.14. The molecule has 0 fully saturated rings. The molecule has 1 amide bonds. The fourth-order valence-electron chi connectivity index (χ4n) is 1.68. The Morgan fingerprint density at radius 3 is 2.90 bits per heavy atom. The van der Waals surface area contributed by atoms with Crippen molar-refractivity contribution in [2.24, 2.45) is 0 Å². The number of non-ortho nitro benzene ring substituents is 1. The molecule has 0 saturated heterocycles. The second-order valence-corrected chi connectivity index (χ2v) is 4.97. The SMILES string of the molecule is CN(Cc1ncc[nH]1)C(=O)c1cc([N+](=O)[O-])ccc1Br. The number of nitro groups is 1. The van der Waals surface area contributed by atoms with Crippen LogP contribution < -0.4 is 0 Å². The zero-order valence-electron chi connectivity index (χ0n) is 10.5. The Hall–Kier alpha value is -2.22. The van der Waals surface area contributed by atoms with Crippen LogP contribution in [-0.4, -0.2) is 32.7 Å². The molecule has 104 valence electrons. The number of hydrogen-bond acceptors (Lipinski definition) is 4. The Labute approximate surface area is 122 Å². The van der Waals surface area contributed by atoms with Crippen LogP contribution in [0.5, 0.6) is 0 Å². The Bertz CT molecular complexity index is 642. The maximum atomic E-state index is 12.3. The molecule has 20 heavy (non-hydrogen) atoms. The summed E-state index contributed by atoms with van der Waals surface area (Å²) in [6, 6.07) is 4.09. The lowest BCUT2D eigenvalue weighted by molar-refractivity contribution is -0.384. The van der Waals surface area contributed by atoms with Gasteiger partial charge in [-0.1, -0.05) is 0 Å². The van der Waals surface area contributed by atoms with E-state index in [0.29, 0.717) is 16.8 Å². The standard InChI is InChI=1S/C12H11BrN4O3/c1-16(7-11-14-4-5-15-11)12(18)9-6-8(17(19)20)2-3-10(9)13/h2-6H,7H2,1H3,(H,14,15). The minimum atomic E-state index is -0.532. The maximum absolute atomic E-state index is 12.3. The number of rotatable bonds is 4. The first-order valence-corrected chi connectivity index (χ1v) is 6.46. The van der Waals surface area contributed by atoms with Crippen LogP contribution in [0, 0.1) is 10.1 Å². The number of H-pyrrole nitrogens is 1.